The maximum atomic E-state index is 12.8. The Morgan fingerprint density at radius 2 is 1.73 bits per heavy atom. The van der Waals surface area contributed by atoms with E-state index in [0.717, 1.165) is 5.56 Å². The molecule has 1 heterocycles. The molecule has 3 amide bonds. The van der Waals surface area contributed by atoms with Crippen LogP contribution in [0.3, 0.4) is 0 Å². The number of furan rings is 1. The lowest BCUT2D eigenvalue weighted by Crippen LogP contribution is -2.49. The molecule has 172 valence electrons. The molecule has 1 atom stereocenters. The lowest BCUT2D eigenvalue weighted by atomic mass is 10.0. The van der Waals surface area contributed by atoms with Gasteiger partial charge in [-0.2, -0.15) is 0 Å². The van der Waals surface area contributed by atoms with Crippen molar-refractivity contribution in [2.75, 3.05) is 12.4 Å². The normalized spacial score (nSPS) is 11.5. The Morgan fingerprint density at radius 1 is 0.970 bits per heavy atom. The van der Waals surface area contributed by atoms with Gasteiger partial charge in [0.25, 0.3) is 11.8 Å². The summed E-state index contributed by atoms with van der Waals surface area (Å²) in [7, 11) is 1.55. The molecule has 0 aliphatic rings. The van der Waals surface area contributed by atoms with E-state index in [1.807, 2.05) is 19.9 Å². The van der Waals surface area contributed by atoms with Crippen molar-refractivity contribution in [3.63, 3.8) is 0 Å². The van der Waals surface area contributed by atoms with Crippen molar-refractivity contribution in [3.8, 4) is 5.75 Å². The van der Waals surface area contributed by atoms with Gasteiger partial charge < -0.3 is 25.1 Å². The first-order chi connectivity index (χ1) is 15.9. The summed E-state index contributed by atoms with van der Waals surface area (Å²) in [5, 5.41) is 8.41. The lowest BCUT2D eigenvalue weighted by molar-refractivity contribution is -0.124. The van der Waals surface area contributed by atoms with E-state index in [0.29, 0.717) is 17.0 Å². The molecule has 3 N–H and O–H groups in total. The third kappa shape index (κ3) is 6.46. The summed E-state index contributed by atoms with van der Waals surface area (Å²) < 4.78 is 10.2. The number of nitrogens with one attached hydrogen (secondary N) is 3. The van der Waals surface area contributed by atoms with Crippen LogP contribution in [0.25, 0.3) is 0 Å². The van der Waals surface area contributed by atoms with Gasteiger partial charge in [-0.15, -0.1) is 0 Å². The van der Waals surface area contributed by atoms with Gasteiger partial charge in [0.15, 0.2) is 5.76 Å². The number of hydrogen-bond acceptors (Lipinski definition) is 5. The Morgan fingerprint density at radius 3 is 2.36 bits per heavy atom. The molecule has 33 heavy (non-hydrogen) atoms. The molecule has 8 nitrogen and oxygen atoms in total. The highest BCUT2D eigenvalue weighted by atomic mass is 16.5. The van der Waals surface area contributed by atoms with Gasteiger partial charge >= 0.3 is 0 Å². The first-order valence-corrected chi connectivity index (χ1v) is 10.5. The molecular weight excluding hydrogens is 422 g/mol. The maximum Gasteiger partial charge on any atom is 0.291 e. The lowest BCUT2D eigenvalue weighted by Gasteiger charge is -2.22. The van der Waals surface area contributed by atoms with Gasteiger partial charge in [0.2, 0.25) is 5.91 Å². The minimum absolute atomic E-state index is 0.119. The third-order valence-electron chi connectivity index (χ3n) is 4.98. The zero-order valence-electron chi connectivity index (χ0n) is 18.8. The molecule has 0 fully saturated rings. The predicted octanol–water partition coefficient (Wildman–Crippen LogP) is 3.61. The van der Waals surface area contributed by atoms with Crippen molar-refractivity contribution in [2.24, 2.45) is 5.92 Å². The number of carbonyl (C=O) groups is 3. The largest absolute Gasteiger partial charge is 0.497 e. The van der Waals surface area contributed by atoms with Crippen LogP contribution in [0.15, 0.2) is 71.3 Å². The van der Waals surface area contributed by atoms with Crippen molar-refractivity contribution in [2.45, 2.75) is 26.4 Å². The topological polar surface area (TPSA) is 110 Å². The molecule has 0 spiro atoms. The number of carbonyl (C=O) groups excluding carboxylic acids is 3. The van der Waals surface area contributed by atoms with E-state index in [9.17, 15) is 14.4 Å². The van der Waals surface area contributed by atoms with Gasteiger partial charge in [-0.1, -0.05) is 26.0 Å². The van der Waals surface area contributed by atoms with E-state index in [1.54, 1.807) is 61.7 Å². The number of hydrogen-bond donors (Lipinski definition) is 3. The summed E-state index contributed by atoms with van der Waals surface area (Å²) in [5.41, 5.74) is 1.81. The molecule has 0 aliphatic carbocycles. The second kappa shape index (κ2) is 11.0. The predicted molar refractivity (Wildman–Crippen MR) is 124 cm³/mol. The van der Waals surface area contributed by atoms with E-state index in [4.69, 9.17) is 9.15 Å². The molecule has 0 bridgehead atoms. The fraction of sp³-hybridized carbons (Fsp3) is 0.240. The van der Waals surface area contributed by atoms with Crippen LogP contribution in [-0.4, -0.2) is 30.9 Å². The fourth-order valence-electron chi connectivity index (χ4n) is 3.16. The second-order valence-electron chi connectivity index (χ2n) is 7.77. The smallest absolute Gasteiger partial charge is 0.291 e. The molecule has 0 saturated heterocycles. The van der Waals surface area contributed by atoms with Crippen LogP contribution in [0, 0.1) is 5.92 Å². The number of ether oxygens (including phenoxy) is 1. The Kier molecular flexibility index (Phi) is 7.86. The van der Waals surface area contributed by atoms with E-state index >= 15 is 0 Å². The van der Waals surface area contributed by atoms with Gasteiger partial charge in [0.05, 0.1) is 13.4 Å². The van der Waals surface area contributed by atoms with Crippen LogP contribution >= 0.6 is 0 Å². The molecule has 0 saturated carbocycles. The minimum Gasteiger partial charge on any atom is -0.497 e. The van der Waals surface area contributed by atoms with Crippen molar-refractivity contribution >= 4 is 23.4 Å². The summed E-state index contributed by atoms with van der Waals surface area (Å²) in [4.78, 5) is 37.6. The monoisotopic (exact) mass is 449 g/mol. The van der Waals surface area contributed by atoms with E-state index < -0.39 is 6.04 Å². The van der Waals surface area contributed by atoms with Crippen LogP contribution in [-0.2, 0) is 11.3 Å². The second-order valence-corrected chi connectivity index (χ2v) is 7.77. The third-order valence-corrected chi connectivity index (χ3v) is 4.98. The highest BCUT2D eigenvalue weighted by Crippen LogP contribution is 2.14. The zero-order chi connectivity index (χ0) is 23.8. The average Bonchev–Trinajstić information content (AvgIpc) is 3.36. The molecule has 1 aromatic heterocycles. The standard InChI is InChI=1S/C25H27N3O5/c1-16(2)22(28-23(29)18-9-11-20(32-3)12-10-18)25(31)26-15-17-6-4-7-19(14-17)27-24(30)21-8-5-13-33-21/h4-14,16,22H,15H2,1-3H3,(H,26,31)(H,27,30)(H,28,29). The molecule has 0 aliphatic heterocycles. The first kappa shape index (κ1) is 23.6. The van der Waals surface area contributed by atoms with Gasteiger partial charge in [0, 0.05) is 17.8 Å². The van der Waals surface area contributed by atoms with Crippen LogP contribution in [0.1, 0.15) is 40.3 Å². The van der Waals surface area contributed by atoms with Gasteiger partial charge in [-0.25, -0.2) is 0 Å². The SMILES string of the molecule is COc1ccc(C(=O)NC(C(=O)NCc2cccc(NC(=O)c3ccco3)c2)C(C)C)cc1. The average molecular weight is 450 g/mol. The molecule has 0 radical (unpaired) electrons. The van der Waals surface area contributed by atoms with Crippen LogP contribution < -0.4 is 20.7 Å². The number of rotatable bonds is 9. The van der Waals surface area contributed by atoms with Crippen LogP contribution in [0.2, 0.25) is 0 Å². The zero-order valence-corrected chi connectivity index (χ0v) is 18.8. The molecule has 3 rings (SSSR count). The summed E-state index contributed by atoms with van der Waals surface area (Å²) in [6.07, 6.45) is 1.43. The molecule has 3 aromatic rings. The summed E-state index contributed by atoms with van der Waals surface area (Å²) >= 11 is 0. The van der Waals surface area contributed by atoms with E-state index in [2.05, 4.69) is 16.0 Å². The summed E-state index contributed by atoms with van der Waals surface area (Å²) in [5.74, 6) is -0.257. The van der Waals surface area contributed by atoms with E-state index in [-0.39, 0.29) is 35.9 Å². The number of benzene rings is 2. The van der Waals surface area contributed by atoms with Gasteiger partial charge in [-0.3, -0.25) is 14.4 Å². The Labute approximate surface area is 192 Å². The van der Waals surface area contributed by atoms with Crippen molar-refractivity contribution in [1.29, 1.82) is 0 Å². The number of amides is 3. The highest BCUT2D eigenvalue weighted by Gasteiger charge is 2.24. The fourth-order valence-corrected chi connectivity index (χ4v) is 3.16. The van der Waals surface area contributed by atoms with Crippen LogP contribution in [0.5, 0.6) is 5.75 Å². The van der Waals surface area contributed by atoms with Crippen LogP contribution in [0.4, 0.5) is 5.69 Å². The number of anilines is 1. The van der Waals surface area contributed by atoms with E-state index in [1.165, 1.54) is 6.26 Å². The van der Waals surface area contributed by atoms with Crippen molar-refractivity contribution < 1.29 is 23.5 Å². The van der Waals surface area contributed by atoms with Crippen molar-refractivity contribution in [1.82, 2.24) is 10.6 Å². The molecular formula is C25H27N3O5. The Balaban J connectivity index is 1.59. The summed E-state index contributed by atoms with van der Waals surface area (Å²) in [6, 6.07) is 16.3. The molecule has 2 aromatic carbocycles. The minimum atomic E-state index is -0.707. The molecule has 8 heteroatoms. The highest BCUT2D eigenvalue weighted by molar-refractivity contribution is 6.02. The Bertz CT molecular complexity index is 1090. The number of methoxy groups -OCH3 is 1. The Hall–Kier alpha value is -4.07. The maximum absolute atomic E-state index is 12.8. The summed E-state index contributed by atoms with van der Waals surface area (Å²) in [6.45, 7) is 3.97. The van der Waals surface area contributed by atoms with Gasteiger partial charge in [-0.05, 0) is 60.0 Å². The molecule has 1 unspecified atom stereocenters. The quantitative estimate of drug-likeness (QED) is 0.462. The first-order valence-electron chi connectivity index (χ1n) is 10.5. The van der Waals surface area contributed by atoms with Gasteiger partial charge in [0.1, 0.15) is 11.8 Å². The van der Waals surface area contributed by atoms with Crippen molar-refractivity contribution in [3.05, 3.63) is 83.8 Å².